The molecule has 1 aliphatic rings. The van der Waals surface area contributed by atoms with Crippen molar-refractivity contribution in [3.8, 4) is 0 Å². The number of likely N-dealkylation sites (tertiary alicyclic amines) is 1. The Bertz CT molecular complexity index is 528. The van der Waals surface area contributed by atoms with Crippen LogP contribution in [0, 0.1) is 5.92 Å². The molecule has 3 heterocycles. The summed E-state index contributed by atoms with van der Waals surface area (Å²) in [4.78, 5) is 18.0. The van der Waals surface area contributed by atoms with Crippen molar-refractivity contribution in [1.82, 2.24) is 34.7 Å². The van der Waals surface area contributed by atoms with Crippen molar-refractivity contribution >= 4 is 5.91 Å². The summed E-state index contributed by atoms with van der Waals surface area (Å²) in [6.45, 7) is 2.81. The molecule has 20 heavy (non-hydrogen) atoms. The summed E-state index contributed by atoms with van der Waals surface area (Å²) in [6.07, 6.45) is 9.14. The van der Waals surface area contributed by atoms with Gasteiger partial charge in [-0.1, -0.05) is 0 Å². The Morgan fingerprint density at radius 3 is 2.75 bits per heavy atom. The first-order valence-electron chi connectivity index (χ1n) is 6.75. The van der Waals surface area contributed by atoms with Crippen molar-refractivity contribution in [2.45, 2.75) is 25.9 Å². The molecular weight excluding hydrogens is 258 g/mol. The van der Waals surface area contributed by atoms with Gasteiger partial charge < -0.3 is 9.47 Å². The van der Waals surface area contributed by atoms with Crippen molar-refractivity contribution in [2.75, 3.05) is 13.1 Å². The first kappa shape index (κ1) is 12.8. The number of imidazole rings is 1. The normalized spacial score (nSPS) is 16.5. The Kier molecular flexibility index (Phi) is 3.71. The van der Waals surface area contributed by atoms with E-state index >= 15 is 0 Å². The Balaban J connectivity index is 1.47. The van der Waals surface area contributed by atoms with Gasteiger partial charge in [0.15, 0.2) is 0 Å². The lowest BCUT2D eigenvalue weighted by Gasteiger charge is -2.32. The minimum atomic E-state index is 0.0818. The van der Waals surface area contributed by atoms with Crippen molar-refractivity contribution in [3.05, 3.63) is 25.0 Å². The zero-order valence-corrected chi connectivity index (χ0v) is 11.2. The highest BCUT2D eigenvalue weighted by Gasteiger charge is 2.23. The van der Waals surface area contributed by atoms with Crippen LogP contribution in [0.4, 0.5) is 0 Å². The lowest BCUT2D eigenvalue weighted by atomic mass is 9.96. The van der Waals surface area contributed by atoms with Gasteiger partial charge in [-0.25, -0.2) is 9.67 Å². The van der Waals surface area contributed by atoms with E-state index in [-0.39, 0.29) is 12.5 Å². The van der Waals surface area contributed by atoms with Crippen LogP contribution in [0.15, 0.2) is 25.0 Å². The van der Waals surface area contributed by atoms with Crippen molar-refractivity contribution < 1.29 is 4.79 Å². The van der Waals surface area contributed by atoms with Crippen LogP contribution in [0.1, 0.15) is 12.8 Å². The fraction of sp³-hybridized carbons (Fsp3) is 0.583. The second-order valence-electron chi connectivity index (χ2n) is 5.09. The molecule has 1 aliphatic heterocycles. The maximum atomic E-state index is 12.1. The summed E-state index contributed by atoms with van der Waals surface area (Å²) in [6, 6.07) is 0. The number of aromatic nitrogens is 6. The van der Waals surface area contributed by atoms with Gasteiger partial charge in [-0.2, -0.15) is 0 Å². The smallest absolute Gasteiger partial charge is 0.244 e. The molecule has 2 aromatic heterocycles. The van der Waals surface area contributed by atoms with Gasteiger partial charge in [0.05, 0.1) is 6.33 Å². The maximum Gasteiger partial charge on any atom is 0.244 e. The topological polar surface area (TPSA) is 81.7 Å². The van der Waals surface area contributed by atoms with Crippen molar-refractivity contribution in [2.24, 2.45) is 5.92 Å². The highest BCUT2D eigenvalue weighted by molar-refractivity contribution is 5.75. The van der Waals surface area contributed by atoms with Crippen LogP contribution in [0.3, 0.4) is 0 Å². The Morgan fingerprint density at radius 2 is 2.10 bits per heavy atom. The molecule has 0 N–H and O–H groups in total. The molecule has 0 saturated carbocycles. The molecule has 0 bridgehead atoms. The van der Waals surface area contributed by atoms with E-state index in [4.69, 9.17) is 0 Å². The average molecular weight is 275 g/mol. The van der Waals surface area contributed by atoms with Gasteiger partial charge in [0, 0.05) is 32.0 Å². The van der Waals surface area contributed by atoms with Crippen LogP contribution in [0.25, 0.3) is 0 Å². The summed E-state index contributed by atoms with van der Waals surface area (Å²) in [5, 5.41) is 10.8. The summed E-state index contributed by atoms with van der Waals surface area (Å²) in [5.74, 6) is 0.694. The minimum absolute atomic E-state index is 0.0818. The van der Waals surface area contributed by atoms with Gasteiger partial charge in [0.25, 0.3) is 0 Å². The van der Waals surface area contributed by atoms with Crippen LogP contribution in [-0.4, -0.2) is 53.7 Å². The zero-order valence-electron chi connectivity index (χ0n) is 11.2. The summed E-state index contributed by atoms with van der Waals surface area (Å²) < 4.78 is 3.56. The Hall–Kier alpha value is -2.25. The molecule has 1 fully saturated rings. The van der Waals surface area contributed by atoms with Crippen LogP contribution in [0.2, 0.25) is 0 Å². The summed E-state index contributed by atoms with van der Waals surface area (Å²) in [5.41, 5.74) is 0. The van der Waals surface area contributed by atoms with E-state index in [1.807, 2.05) is 17.4 Å². The van der Waals surface area contributed by atoms with E-state index in [9.17, 15) is 4.79 Å². The number of tetrazole rings is 1. The summed E-state index contributed by atoms with van der Waals surface area (Å²) in [7, 11) is 0. The quantitative estimate of drug-likeness (QED) is 0.772. The lowest BCUT2D eigenvalue weighted by Crippen LogP contribution is -2.41. The summed E-state index contributed by atoms with van der Waals surface area (Å²) >= 11 is 0. The van der Waals surface area contributed by atoms with Crippen LogP contribution >= 0.6 is 0 Å². The van der Waals surface area contributed by atoms with Gasteiger partial charge in [-0.15, -0.1) is 5.10 Å². The van der Waals surface area contributed by atoms with E-state index in [0.717, 1.165) is 32.5 Å². The predicted octanol–water partition coefficient (Wildman–Crippen LogP) is -0.192. The SMILES string of the molecule is O=C(Cn1cnnn1)N1CCC(Cn2ccnc2)CC1. The molecule has 1 saturated heterocycles. The Labute approximate surface area is 116 Å². The molecule has 8 heteroatoms. The third kappa shape index (κ3) is 3.01. The standard InChI is InChI=1S/C12H17N7O/c20-12(8-19-10-14-15-16-19)18-4-1-11(2-5-18)7-17-6-3-13-9-17/h3,6,9-11H,1-2,4-5,7-8H2. The van der Waals surface area contributed by atoms with E-state index in [1.165, 1.54) is 11.0 Å². The number of rotatable bonds is 4. The third-order valence-corrected chi connectivity index (χ3v) is 3.68. The van der Waals surface area contributed by atoms with Crippen molar-refractivity contribution in [1.29, 1.82) is 0 Å². The molecule has 8 nitrogen and oxygen atoms in total. The number of amides is 1. The predicted molar refractivity (Wildman–Crippen MR) is 69.3 cm³/mol. The largest absolute Gasteiger partial charge is 0.341 e. The monoisotopic (exact) mass is 275 g/mol. The van der Waals surface area contributed by atoms with E-state index in [1.54, 1.807) is 6.20 Å². The number of carbonyl (C=O) groups excluding carboxylic acids is 1. The molecule has 0 aliphatic carbocycles. The fourth-order valence-corrected chi connectivity index (χ4v) is 2.55. The van der Waals surface area contributed by atoms with Crippen LogP contribution in [0.5, 0.6) is 0 Å². The molecule has 1 amide bonds. The lowest BCUT2D eigenvalue weighted by molar-refractivity contribution is -0.133. The third-order valence-electron chi connectivity index (χ3n) is 3.68. The highest BCUT2D eigenvalue weighted by atomic mass is 16.2. The van der Waals surface area contributed by atoms with E-state index in [0.29, 0.717) is 5.92 Å². The molecule has 0 aromatic carbocycles. The highest BCUT2D eigenvalue weighted by Crippen LogP contribution is 2.19. The second-order valence-corrected chi connectivity index (χ2v) is 5.09. The average Bonchev–Trinajstić information content (AvgIpc) is 3.13. The maximum absolute atomic E-state index is 12.1. The molecule has 0 radical (unpaired) electrons. The fourth-order valence-electron chi connectivity index (χ4n) is 2.55. The van der Waals surface area contributed by atoms with Crippen LogP contribution < -0.4 is 0 Å². The van der Waals surface area contributed by atoms with Gasteiger partial charge in [0.2, 0.25) is 5.91 Å². The number of piperidine rings is 1. The molecule has 106 valence electrons. The number of carbonyl (C=O) groups is 1. The molecule has 2 aromatic rings. The number of hydrogen-bond acceptors (Lipinski definition) is 5. The first-order valence-corrected chi connectivity index (χ1v) is 6.75. The molecule has 0 atom stereocenters. The molecule has 0 spiro atoms. The van der Waals surface area contributed by atoms with Gasteiger partial charge in [-0.05, 0) is 29.2 Å². The number of hydrogen-bond donors (Lipinski definition) is 0. The second kappa shape index (κ2) is 5.81. The zero-order chi connectivity index (χ0) is 13.8. The minimum Gasteiger partial charge on any atom is -0.341 e. The number of nitrogens with zero attached hydrogens (tertiary/aromatic N) is 7. The van der Waals surface area contributed by atoms with E-state index < -0.39 is 0 Å². The van der Waals surface area contributed by atoms with Crippen molar-refractivity contribution in [3.63, 3.8) is 0 Å². The van der Waals surface area contributed by atoms with E-state index in [2.05, 4.69) is 25.1 Å². The van der Waals surface area contributed by atoms with Crippen LogP contribution in [-0.2, 0) is 17.9 Å². The Morgan fingerprint density at radius 1 is 1.25 bits per heavy atom. The van der Waals surface area contributed by atoms with Gasteiger partial charge in [-0.3, -0.25) is 4.79 Å². The van der Waals surface area contributed by atoms with Gasteiger partial charge in [0.1, 0.15) is 12.9 Å². The molecular formula is C12H17N7O. The molecule has 3 rings (SSSR count). The molecule has 0 unspecified atom stereocenters. The van der Waals surface area contributed by atoms with Gasteiger partial charge >= 0.3 is 0 Å². The first-order chi connectivity index (χ1) is 9.81.